The van der Waals surface area contributed by atoms with Gasteiger partial charge in [-0.05, 0) is 34.4 Å². The van der Waals surface area contributed by atoms with E-state index >= 15 is 0 Å². The summed E-state index contributed by atoms with van der Waals surface area (Å²) in [6.45, 7) is 0. The molecule has 0 unspecified atom stereocenters. The SMILES string of the molecule is F/C=C(/c1ccc(-c2ccc(/C(=C\F)C(F)(F)F)cc2C(F)(F)F)c(C(F)(F)F)c1)C(F)(F)F. The van der Waals surface area contributed by atoms with Gasteiger partial charge in [-0.3, -0.25) is 0 Å². The molecule has 0 aliphatic carbocycles. The van der Waals surface area contributed by atoms with Gasteiger partial charge in [0.25, 0.3) is 0 Å². The molecule has 0 saturated heterocycles. The van der Waals surface area contributed by atoms with Gasteiger partial charge in [-0.2, -0.15) is 52.7 Å². The van der Waals surface area contributed by atoms with E-state index in [2.05, 4.69) is 0 Å². The van der Waals surface area contributed by atoms with Gasteiger partial charge in [-0.25, -0.2) is 8.78 Å². The first-order valence-corrected chi connectivity index (χ1v) is 8.51. The molecule has 14 heteroatoms. The highest BCUT2D eigenvalue weighted by molar-refractivity contribution is 5.79. The van der Waals surface area contributed by atoms with Crippen molar-refractivity contribution in [3.8, 4) is 11.1 Å². The van der Waals surface area contributed by atoms with Crippen molar-refractivity contribution in [2.24, 2.45) is 0 Å². The molecule has 0 saturated carbocycles. The number of benzene rings is 2. The summed E-state index contributed by atoms with van der Waals surface area (Å²) in [7, 11) is 0. The molecule has 0 radical (unpaired) electrons. The van der Waals surface area contributed by atoms with Crippen molar-refractivity contribution >= 4 is 11.1 Å². The van der Waals surface area contributed by atoms with Gasteiger partial charge >= 0.3 is 24.7 Å². The minimum Gasteiger partial charge on any atom is -0.215 e. The summed E-state index contributed by atoms with van der Waals surface area (Å²) in [6, 6.07) is 0.413. The third-order valence-corrected chi connectivity index (χ3v) is 4.39. The van der Waals surface area contributed by atoms with Crippen molar-refractivity contribution in [2.45, 2.75) is 24.7 Å². The molecule has 0 amide bonds. The number of halogens is 14. The summed E-state index contributed by atoms with van der Waals surface area (Å²) in [4.78, 5) is 0. The first-order valence-electron chi connectivity index (χ1n) is 8.51. The summed E-state index contributed by atoms with van der Waals surface area (Å²) >= 11 is 0. The number of hydrogen-bond acceptors (Lipinski definition) is 0. The standard InChI is InChI=1S/C20H8F14/c21-7-15(19(29,30)31)9-1-3-11(13(5-9)17(23,24)25)12-4-2-10(6-14(12)18(26,27)28)16(8-22)20(32,33)34/h1-8H/b15-7-,16-8+. The smallest absolute Gasteiger partial charge is 0.215 e. The van der Waals surface area contributed by atoms with E-state index in [0.717, 1.165) is 0 Å². The summed E-state index contributed by atoms with van der Waals surface area (Å²) in [5.74, 6) is 0. The highest BCUT2D eigenvalue weighted by Crippen LogP contribution is 2.46. The predicted octanol–water partition coefficient (Wildman–Crippen LogP) is 9.14. The van der Waals surface area contributed by atoms with Crippen molar-refractivity contribution < 1.29 is 61.5 Å². The lowest BCUT2D eigenvalue weighted by atomic mass is 9.90. The molecule has 0 bridgehead atoms. The molecule has 0 nitrogen and oxygen atoms in total. The van der Waals surface area contributed by atoms with E-state index in [0.29, 0.717) is 0 Å². The van der Waals surface area contributed by atoms with Crippen molar-refractivity contribution in [3.05, 3.63) is 71.3 Å². The predicted molar refractivity (Wildman–Crippen MR) is 92.2 cm³/mol. The van der Waals surface area contributed by atoms with Gasteiger partial charge in [0.1, 0.15) is 0 Å². The van der Waals surface area contributed by atoms with Crippen LogP contribution in [0.15, 0.2) is 49.1 Å². The maximum Gasteiger partial charge on any atom is 0.419 e. The van der Waals surface area contributed by atoms with Gasteiger partial charge in [0.15, 0.2) is 0 Å². The summed E-state index contributed by atoms with van der Waals surface area (Å²) < 4.78 is 184. The number of alkyl halides is 12. The van der Waals surface area contributed by atoms with Crippen molar-refractivity contribution in [3.63, 3.8) is 0 Å². The second-order valence-electron chi connectivity index (χ2n) is 6.56. The van der Waals surface area contributed by atoms with Crippen LogP contribution in [0.4, 0.5) is 61.5 Å². The second kappa shape index (κ2) is 8.95. The van der Waals surface area contributed by atoms with Crippen molar-refractivity contribution in [1.29, 1.82) is 0 Å². The van der Waals surface area contributed by atoms with Crippen molar-refractivity contribution in [1.82, 2.24) is 0 Å². The van der Waals surface area contributed by atoms with E-state index in [1.165, 1.54) is 0 Å². The first kappa shape index (κ1) is 27.2. The van der Waals surface area contributed by atoms with E-state index in [1.807, 2.05) is 0 Å². The zero-order chi connectivity index (χ0) is 26.3. The van der Waals surface area contributed by atoms with Crippen molar-refractivity contribution in [2.75, 3.05) is 0 Å². The largest absolute Gasteiger partial charge is 0.419 e. The van der Waals surface area contributed by atoms with Gasteiger partial charge < -0.3 is 0 Å². The van der Waals surface area contributed by atoms with Gasteiger partial charge in [0, 0.05) is 0 Å². The maximum absolute atomic E-state index is 13.5. The van der Waals surface area contributed by atoms with Gasteiger partial charge in [-0.15, -0.1) is 0 Å². The van der Waals surface area contributed by atoms with E-state index in [4.69, 9.17) is 0 Å². The lowest BCUT2D eigenvalue weighted by molar-refractivity contribution is -0.139. The summed E-state index contributed by atoms with van der Waals surface area (Å²) in [5, 5.41) is 0. The molecule has 0 aromatic heterocycles. The minimum atomic E-state index is -5.56. The molecular weight excluding hydrogens is 506 g/mol. The molecule has 34 heavy (non-hydrogen) atoms. The van der Waals surface area contributed by atoms with Crippen LogP contribution in [0.1, 0.15) is 22.3 Å². The van der Waals surface area contributed by atoms with Crippen LogP contribution in [0.2, 0.25) is 0 Å². The Kier molecular flexibility index (Phi) is 7.15. The van der Waals surface area contributed by atoms with Crippen LogP contribution in [0.5, 0.6) is 0 Å². The number of allylic oxidation sites excluding steroid dienone is 2. The molecule has 2 aromatic carbocycles. The molecule has 0 heterocycles. The molecule has 0 fully saturated rings. The Balaban J connectivity index is 2.87. The molecule has 0 atom stereocenters. The molecular formula is C20H8F14. The highest BCUT2D eigenvalue weighted by atomic mass is 19.4. The van der Waals surface area contributed by atoms with E-state index in [1.54, 1.807) is 0 Å². The fraction of sp³-hybridized carbons (Fsp3) is 0.200. The van der Waals surface area contributed by atoms with Crippen LogP contribution in [0.25, 0.3) is 22.3 Å². The zero-order valence-electron chi connectivity index (χ0n) is 15.9. The fourth-order valence-corrected chi connectivity index (χ4v) is 2.94. The molecule has 0 aliphatic heterocycles. The Labute approximate surface area is 180 Å². The summed E-state index contributed by atoms with van der Waals surface area (Å²) in [5.41, 5.74) is -13.8. The van der Waals surface area contributed by atoms with Crippen LogP contribution in [0.3, 0.4) is 0 Å². The third kappa shape index (κ3) is 5.70. The molecule has 2 aromatic rings. The van der Waals surface area contributed by atoms with Gasteiger partial charge in [0.05, 0.1) is 34.9 Å². The Morgan fingerprint density at radius 3 is 1.00 bits per heavy atom. The average Bonchev–Trinajstić information content (AvgIpc) is 2.65. The molecule has 0 spiro atoms. The van der Waals surface area contributed by atoms with Gasteiger partial charge in [0.2, 0.25) is 0 Å². The number of rotatable bonds is 3. The monoisotopic (exact) mass is 514 g/mol. The Morgan fingerprint density at radius 2 is 0.794 bits per heavy atom. The zero-order valence-corrected chi connectivity index (χ0v) is 15.9. The van der Waals surface area contributed by atoms with E-state index in [9.17, 15) is 61.5 Å². The van der Waals surface area contributed by atoms with E-state index < -0.39 is 81.9 Å². The molecule has 0 N–H and O–H groups in total. The third-order valence-electron chi connectivity index (χ3n) is 4.39. The fourth-order valence-electron chi connectivity index (χ4n) is 2.94. The summed E-state index contributed by atoms with van der Waals surface area (Å²) in [6.07, 6.45) is -24.1. The highest BCUT2D eigenvalue weighted by Gasteiger charge is 2.42. The quantitative estimate of drug-likeness (QED) is 0.359. The molecule has 2 rings (SSSR count). The second-order valence-corrected chi connectivity index (χ2v) is 6.56. The lowest BCUT2D eigenvalue weighted by Crippen LogP contribution is -2.15. The molecule has 186 valence electrons. The molecule has 0 aliphatic rings. The number of hydrogen-bond donors (Lipinski definition) is 0. The van der Waals surface area contributed by atoms with E-state index in [-0.39, 0.29) is 36.4 Å². The topological polar surface area (TPSA) is 0 Å². The van der Waals surface area contributed by atoms with Gasteiger partial charge in [-0.1, -0.05) is 24.3 Å². The van der Waals surface area contributed by atoms with Crippen LogP contribution < -0.4 is 0 Å². The Hall–Kier alpha value is -3.06. The average molecular weight is 514 g/mol. The van der Waals surface area contributed by atoms with Crippen LogP contribution in [-0.2, 0) is 12.4 Å². The first-order chi connectivity index (χ1) is 15.3. The maximum atomic E-state index is 13.5. The van der Waals surface area contributed by atoms with Crippen LogP contribution in [0, 0.1) is 0 Å². The minimum absolute atomic E-state index is 0.188. The van der Waals surface area contributed by atoms with Crippen LogP contribution in [-0.4, -0.2) is 12.4 Å². The Bertz CT molecular complexity index is 1020. The van der Waals surface area contributed by atoms with Crippen LogP contribution >= 0.6 is 0 Å². The normalized spacial score (nSPS) is 14.5. The Morgan fingerprint density at radius 1 is 0.500 bits per heavy atom. The lowest BCUT2D eigenvalue weighted by Gasteiger charge is -2.21.